The summed E-state index contributed by atoms with van der Waals surface area (Å²) in [6, 6.07) is 9.24. The first kappa shape index (κ1) is 20.6. The lowest BCUT2D eigenvalue weighted by Gasteiger charge is -2.23. The molecule has 3 amide bonds. The number of rotatable bonds is 6. The molecule has 0 saturated carbocycles. The second kappa shape index (κ2) is 8.94. The van der Waals surface area contributed by atoms with Gasteiger partial charge in [0.1, 0.15) is 18.3 Å². The summed E-state index contributed by atoms with van der Waals surface area (Å²) < 4.78 is 5.57. The summed E-state index contributed by atoms with van der Waals surface area (Å²) in [7, 11) is 1.61. The molecule has 1 aliphatic rings. The van der Waals surface area contributed by atoms with E-state index >= 15 is 0 Å². The molecular formula is C22H28N4O3. The average Bonchev–Trinajstić information content (AvgIpc) is 3.37. The fourth-order valence-corrected chi connectivity index (χ4v) is 3.25. The van der Waals surface area contributed by atoms with Crippen LogP contribution in [0.1, 0.15) is 48.3 Å². The average molecular weight is 396 g/mol. The van der Waals surface area contributed by atoms with E-state index in [4.69, 9.17) is 4.42 Å². The summed E-state index contributed by atoms with van der Waals surface area (Å²) in [4.78, 5) is 26.5. The van der Waals surface area contributed by atoms with Crippen LogP contribution in [0.3, 0.4) is 0 Å². The van der Waals surface area contributed by atoms with Gasteiger partial charge in [-0.15, -0.1) is 0 Å². The van der Waals surface area contributed by atoms with Crippen LogP contribution in [-0.2, 0) is 4.79 Å². The molecule has 1 aromatic heterocycles. The van der Waals surface area contributed by atoms with Crippen LogP contribution in [-0.4, -0.2) is 47.7 Å². The van der Waals surface area contributed by atoms with Gasteiger partial charge in [-0.05, 0) is 55.2 Å². The summed E-state index contributed by atoms with van der Waals surface area (Å²) >= 11 is 0. The van der Waals surface area contributed by atoms with Crippen molar-refractivity contribution in [3.8, 4) is 0 Å². The molecule has 0 aliphatic carbocycles. The highest BCUT2D eigenvalue weighted by atomic mass is 16.3. The number of hydrogen-bond acceptors (Lipinski definition) is 4. The predicted octanol–water partition coefficient (Wildman–Crippen LogP) is 3.63. The van der Waals surface area contributed by atoms with Crippen molar-refractivity contribution in [1.82, 2.24) is 15.2 Å². The third-order valence-corrected chi connectivity index (χ3v) is 5.12. The van der Waals surface area contributed by atoms with Crippen LogP contribution in [0.5, 0.6) is 0 Å². The van der Waals surface area contributed by atoms with Crippen molar-refractivity contribution in [2.75, 3.05) is 20.1 Å². The number of furan rings is 1. The molecule has 0 saturated heterocycles. The Morgan fingerprint density at radius 3 is 2.72 bits per heavy atom. The van der Waals surface area contributed by atoms with Gasteiger partial charge < -0.3 is 14.6 Å². The number of nitrogens with zero attached hydrogens (tertiary/aromatic N) is 3. The zero-order valence-corrected chi connectivity index (χ0v) is 17.4. The van der Waals surface area contributed by atoms with Gasteiger partial charge in [0.2, 0.25) is 0 Å². The minimum atomic E-state index is -0.318. The standard InChI is InChI=1S/C22H28N4O3/c1-5-10-23-22(28)25(4)14-21(27)26-19(20-7-6-11-29-20)13-18(24-26)17-9-8-15(2)16(3)12-17/h6-9,11-12,19H,5,10,13-14H2,1-4H3,(H,23,28)/t19-/m0/s1. The number of likely N-dealkylation sites (N-methyl/N-ethyl adjacent to an activating group) is 1. The lowest BCUT2D eigenvalue weighted by Crippen LogP contribution is -2.43. The zero-order valence-electron chi connectivity index (χ0n) is 17.4. The van der Waals surface area contributed by atoms with Crippen molar-refractivity contribution in [3.63, 3.8) is 0 Å². The molecule has 3 rings (SSSR count). The molecule has 29 heavy (non-hydrogen) atoms. The SMILES string of the molecule is CCCNC(=O)N(C)CC(=O)N1N=C(c2ccc(C)c(C)c2)C[C@H]1c1ccco1. The van der Waals surface area contributed by atoms with Crippen molar-refractivity contribution < 1.29 is 14.0 Å². The molecule has 1 N–H and O–H groups in total. The lowest BCUT2D eigenvalue weighted by atomic mass is 9.99. The molecule has 7 nitrogen and oxygen atoms in total. The third kappa shape index (κ3) is 4.67. The molecule has 2 aromatic rings. The first-order valence-corrected chi connectivity index (χ1v) is 9.90. The second-order valence-corrected chi connectivity index (χ2v) is 7.41. The second-order valence-electron chi connectivity index (χ2n) is 7.41. The first-order chi connectivity index (χ1) is 13.9. The van der Waals surface area contributed by atoms with Gasteiger partial charge in [0.05, 0.1) is 12.0 Å². The van der Waals surface area contributed by atoms with E-state index in [0.717, 1.165) is 17.7 Å². The summed E-state index contributed by atoms with van der Waals surface area (Å²) in [6.45, 7) is 6.62. The van der Waals surface area contributed by atoms with Gasteiger partial charge >= 0.3 is 6.03 Å². The van der Waals surface area contributed by atoms with Gasteiger partial charge in [-0.25, -0.2) is 9.80 Å². The smallest absolute Gasteiger partial charge is 0.317 e. The predicted molar refractivity (Wildman–Crippen MR) is 112 cm³/mol. The van der Waals surface area contributed by atoms with Crippen LogP contribution in [0, 0.1) is 13.8 Å². The molecule has 0 fully saturated rings. The molecule has 0 spiro atoms. The van der Waals surface area contributed by atoms with Crippen LogP contribution < -0.4 is 5.32 Å². The Morgan fingerprint density at radius 1 is 1.28 bits per heavy atom. The highest BCUT2D eigenvalue weighted by molar-refractivity contribution is 6.03. The molecule has 154 valence electrons. The Hall–Kier alpha value is -3.09. The number of hydrogen-bond donors (Lipinski definition) is 1. The molecule has 1 aliphatic heterocycles. The van der Waals surface area contributed by atoms with E-state index in [1.807, 2.05) is 19.1 Å². The van der Waals surface area contributed by atoms with Crippen molar-refractivity contribution in [1.29, 1.82) is 0 Å². The number of carbonyl (C=O) groups excluding carboxylic acids is 2. The number of carbonyl (C=O) groups is 2. The fourth-order valence-electron chi connectivity index (χ4n) is 3.25. The van der Waals surface area contributed by atoms with Gasteiger partial charge in [0.25, 0.3) is 5.91 Å². The molecule has 0 bridgehead atoms. The first-order valence-electron chi connectivity index (χ1n) is 9.90. The van der Waals surface area contributed by atoms with Gasteiger partial charge in [-0.2, -0.15) is 5.10 Å². The molecule has 0 unspecified atom stereocenters. The highest BCUT2D eigenvalue weighted by Crippen LogP contribution is 2.33. The van der Waals surface area contributed by atoms with Crippen LogP contribution in [0.25, 0.3) is 0 Å². The largest absolute Gasteiger partial charge is 0.467 e. The molecule has 0 radical (unpaired) electrons. The summed E-state index contributed by atoms with van der Waals surface area (Å²) in [5.74, 6) is 0.429. The quantitative estimate of drug-likeness (QED) is 0.810. The Bertz CT molecular complexity index is 905. The van der Waals surface area contributed by atoms with E-state index in [0.29, 0.717) is 18.7 Å². The van der Waals surface area contributed by atoms with Gasteiger partial charge in [-0.1, -0.05) is 19.1 Å². The molecule has 1 atom stereocenters. The lowest BCUT2D eigenvalue weighted by molar-refractivity contribution is -0.133. The normalized spacial score (nSPS) is 15.9. The molecular weight excluding hydrogens is 368 g/mol. The van der Waals surface area contributed by atoms with Crippen molar-refractivity contribution in [2.24, 2.45) is 5.10 Å². The van der Waals surface area contributed by atoms with Crippen LogP contribution in [0.15, 0.2) is 46.1 Å². The topological polar surface area (TPSA) is 78.2 Å². The summed E-state index contributed by atoms with van der Waals surface area (Å²) in [5, 5.41) is 8.85. The highest BCUT2D eigenvalue weighted by Gasteiger charge is 2.35. The van der Waals surface area contributed by atoms with E-state index < -0.39 is 0 Å². The third-order valence-electron chi connectivity index (χ3n) is 5.12. The number of aryl methyl sites for hydroxylation is 2. The zero-order chi connectivity index (χ0) is 21.0. The molecule has 2 heterocycles. The number of nitrogens with one attached hydrogen (secondary N) is 1. The Labute approximate surface area is 171 Å². The van der Waals surface area contributed by atoms with Crippen LogP contribution >= 0.6 is 0 Å². The maximum Gasteiger partial charge on any atom is 0.317 e. The number of urea groups is 1. The number of amides is 3. The number of benzene rings is 1. The number of hydrazone groups is 1. The molecule has 7 heteroatoms. The van der Waals surface area contributed by atoms with E-state index in [9.17, 15) is 9.59 Å². The minimum Gasteiger partial charge on any atom is -0.467 e. The van der Waals surface area contributed by atoms with Gasteiger partial charge in [0, 0.05) is 20.0 Å². The fraction of sp³-hybridized carbons (Fsp3) is 0.409. The maximum absolute atomic E-state index is 13.0. The van der Waals surface area contributed by atoms with Crippen molar-refractivity contribution >= 4 is 17.6 Å². The van der Waals surface area contributed by atoms with E-state index in [1.165, 1.54) is 21.0 Å². The van der Waals surface area contributed by atoms with Gasteiger partial charge in [0.15, 0.2) is 0 Å². The minimum absolute atomic E-state index is 0.0591. The molecule has 1 aromatic carbocycles. The Kier molecular flexibility index (Phi) is 6.36. The maximum atomic E-state index is 13.0. The summed E-state index contributed by atoms with van der Waals surface area (Å²) in [6.07, 6.45) is 2.99. The van der Waals surface area contributed by atoms with Crippen LogP contribution in [0.4, 0.5) is 4.79 Å². The van der Waals surface area contributed by atoms with E-state index in [-0.39, 0.29) is 24.5 Å². The van der Waals surface area contributed by atoms with E-state index in [1.54, 1.807) is 19.4 Å². The van der Waals surface area contributed by atoms with E-state index in [2.05, 4.69) is 36.4 Å². The van der Waals surface area contributed by atoms with Gasteiger partial charge in [-0.3, -0.25) is 4.79 Å². The monoisotopic (exact) mass is 396 g/mol. The van der Waals surface area contributed by atoms with Crippen molar-refractivity contribution in [2.45, 2.75) is 39.7 Å². The van der Waals surface area contributed by atoms with Crippen LogP contribution in [0.2, 0.25) is 0 Å². The Balaban J connectivity index is 1.82. The summed E-state index contributed by atoms with van der Waals surface area (Å²) in [5.41, 5.74) is 4.22. The Morgan fingerprint density at radius 2 is 2.07 bits per heavy atom. The van der Waals surface area contributed by atoms with Crippen molar-refractivity contribution in [3.05, 3.63) is 59.0 Å².